The predicted molar refractivity (Wildman–Crippen MR) is 102 cm³/mol. The zero-order chi connectivity index (χ0) is 20.8. The molecular weight excluding hydrogens is 364 g/mol. The van der Waals surface area contributed by atoms with Gasteiger partial charge in [0.1, 0.15) is 17.6 Å². The number of anilines is 1. The van der Waals surface area contributed by atoms with Crippen molar-refractivity contribution in [3.63, 3.8) is 0 Å². The van der Waals surface area contributed by atoms with E-state index in [9.17, 15) is 14.4 Å². The number of ether oxygens (including phenoxy) is 2. The van der Waals surface area contributed by atoms with E-state index in [4.69, 9.17) is 15.9 Å². The summed E-state index contributed by atoms with van der Waals surface area (Å²) in [4.78, 5) is 38.0. The van der Waals surface area contributed by atoms with Gasteiger partial charge < -0.3 is 25.4 Å². The molecule has 0 saturated carbocycles. The molecule has 4 N–H and O–H groups in total. The van der Waals surface area contributed by atoms with Crippen LogP contribution in [0.15, 0.2) is 47.8 Å². The minimum atomic E-state index is -0.917. The van der Waals surface area contributed by atoms with E-state index in [1.54, 1.807) is 38.1 Å². The van der Waals surface area contributed by atoms with Gasteiger partial charge in [-0.15, -0.1) is 0 Å². The SMILES string of the molecule is CCOC(=O)/C=C(\C)C1C(=O)NC(C(=O)OC)=CN1c1cccc(C(=N)N)c1. The van der Waals surface area contributed by atoms with Crippen molar-refractivity contribution in [2.75, 3.05) is 18.6 Å². The van der Waals surface area contributed by atoms with Crippen LogP contribution in [0, 0.1) is 5.41 Å². The number of hydrogen-bond donors (Lipinski definition) is 3. The smallest absolute Gasteiger partial charge is 0.356 e. The number of carbonyl (C=O) groups excluding carboxylic acids is 3. The predicted octanol–water partition coefficient (Wildman–Crippen LogP) is 0.799. The number of nitrogen functional groups attached to an aromatic ring is 1. The first-order chi connectivity index (χ1) is 13.3. The first-order valence-electron chi connectivity index (χ1n) is 8.47. The monoisotopic (exact) mass is 386 g/mol. The van der Waals surface area contributed by atoms with Gasteiger partial charge in [0.25, 0.3) is 5.91 Å². The maximum absolute atomic E-state index is 12.7. The third kappa shape index (κ3) is 4.56. The van der Waals surface area contributed by atoms with E-state index in [-0.39, 0.29) is 18.1 Å². The molecule has 0 aliphatic carbocycles. The Labute approximate surface area is 162 Å². The molecule has 1 unspecified atom stereocenters. The Bertz CT molecular complexity index is 875. The van der Waals surface area contributed by atoms with Crippen LogP contribution in [0.25, 0.3) is 0 Å². The average Bonchev–Trinajstić information content (AvgIpc) is 2.66. The standard InChI is InChI=1S/C19H22N4O5/c1-4-28-15(24)8-11(2)16-18(25)22-14(19(26)27-3)10-23(16)13-7-5-6-12(9-13)17(20)21/h5-10,16H,4H2,1-3H3,(H3,20,21)(H,22,25)/b11-8+. The highest BCUT2D eigenvalue weighted by Crippen LogP contribution is 2.26. The highest BCUT2D eigenvalue weighted by atomic mass is 16.5. The molecule has 0 spiro atoms. The first kappa shape index (κ1) is 20.7. The molecule has 2 rings (SSSR count). The lowest BCUT2D eigenvalue weighted by atomic mass is 10.0. The molecule has 1 heterocycles. The summed E-state index contributed by atoms with van der Waals surface area (Å²) < 4.78 is 9.59. The number of hydrogen-bond acceptors (Lipinski definition) is 7. The van der Waals surface area contributed by atoms with Crippen LogP contribution >= 0.6 is 0 Å². The van der Waals surface area contributed by atoms with Crippen molar-refractivity contribution in [1.29, 1.82) is 5.41 Å². The molecule has 148 valence electrons. The van der Waals surface area contributed by atoms with Crippen LogP contribution in [0.5, 0.6) is 0 Å². The van der Waals surface area contributed by atoms with Crippen molar-refractivity contribution in [3.8, 4) is 0 Å². The molecule has 28 heavy (non-hydrogen) atoms. The Kier molecular flexibility index (Phi) is 6.54. The van der Waals surface area contributed by atoms with E-state index in [1.165, 1.54) is 24.3 Å². The number of esters is 2. The van der Waals surface area contributed by atoms with E-state index in [2.05, 4.69) is 10.1 Å². The molecule has 9 nitrogen and oxygen atoms in total. The van der Waals surface area contributed by atoms with Crippen LogP contribution in [-0.2, 0) is 23.9 Å². The number of nitrogens with two attached hydrogens (primary N) is 1. The number of rotatable bonds is 6. The van der Waals surface area contributed by atoms with Crippen LogP contribution in [-0.4, -0.2) is 43.4 Å². The van der Waals surface area contributed by atoms with Gasteiger partial charge in [-0.2, -0.15) is 0 Å². The Hall–Kier alpha value is -3.62. The molecule has 1 amide bonds. The van der Waals surface area contributed by atoms with Crippen molar-refractivity contribution in [1.82, 2.24) is 5.32 Å². The molecule has 0 aromatic heterocycles. The van der Waals surface area contributed by atoms with E-state index >= 15 is 0 Å². The summed E-state index contributed by atoms with van der Waals surface area (Å²) in [5.74, 6) is -1.95. The number of carbonyl (C=O) groups is 3. The fourth-order valence-electron chi connectivity index (χ4n) is 2.72. The number of methoxy groups -OCH3 is 1. The lowest BCUT2D eigenvalue weighted by Gasteiger charge is -2.34. The quantitative estimate of drug-likeness (QED) is 0.285. The van der Waals surface area contributed by atoms with Gasteiger partial charge in [0.2, 0.25) is 0 Å². The Morgan fingerprint density at radius 3 is 2.71 bits per heavy atom. The van der Waals surface area contributed by atoms with Gasteiger partial charge in [-0.05, 0) is 31.6 Å². The fourth-order valence-corrected chi connectivity index (χ4v) is 2.72. The van der Waals surface area contributed by atoms with Gasteiger partial charge in [0, 0.05) is 23.5 Å². The van der Waals surface area contributed by atoms with E-state index in [0.29, 0.717) is 16.8 Å². The molecular formula is C19H22N4O5. The van der Waals surface area contributed by atoms with E-state index < -0.39 is 23.9 Å². The Morgan fingerprint density at radius 2 is 2.11 bits per heavy atom. The lowest BCUT2D eigenvalue weighted by Crippen LogP contribution is -2.51. The second kappa shape index (κ2) is 8.85. The lowest BCUT2D eigenvalue weighted by molar-refractivity contribution is -0.138. The number of amidine groups is 1. The second-order valence-electron chi connectivity index (χ2n) is 5.94. The minimum Gasteiger partial charge on any atom is -0.464 e. The Morgan fingerprint density at radius 1 is 1.39 bits per heavy atom. The van der Waals surface area contributed by atoms with Crippen molar-refractivity contribution in [2.45, 2.75) is 19.9 Å². The molecule has 1 aromatic rings. The zero-order valence-electron chi connectivity index (χ0n) is 15.8. The summed E-state index contributed by atoms with van der Waals surface area (Å²) in [6, 6.07) is 5.71. The third-order valence-electron chi connectivity index (χ3n) is 3.98. The van der Waals surface area contributed by atoms with E-state index in [1.807, 2.05) is 0 Å². The summed E-state index contributed by atoms with van der Waals surface area (Å²) in [5, 5.41) is 10.1. The largest absolute Gasteiger partial charge is 0.464 e. The summed E-state index contributed by atoms with van der Waals surface area (Å²) in [6.07, 6.45) is 2.65. The maximum Gasteiger partial charge on any atom is 0.356 e. The molecule has 1 aromatic carbocycles. The summed E-state index contributed by atoms with van der Waals surface area (Å²) in [5.41, 5.74) is 6.86. The van der Waals surface area contributed by atoms with Crippen LogP contribution in [0.4, 0.5) is 5.69 Å². The van der Waals surface area contributed by atoms with Crippen LogP contribution in [0.3, 0.4) is 0 Å². The number of amides is 1. The molecule has 1 aliphatic heterocycles. The van der Waals surface area contributed by atoms with Gasteiger partial charge in [0.15, 0.2) is 0 Å². The van der Waals surface area contributed by atoms with Gasteiger partial charge in [-0.1, -0.05) is 12.1 Å². The molecule has 0 saturated heterocycles. The van der Waals surface area contributed by atoms with Crippen LogP contribution in [0.2, 0.25) is 0 Å². The minimum absolute atomic E-state index is 0.0547. The number of benzene rings is 1. The third-order valence-corrected chi connectivity index (χ3v) is 3.98. The average molecular weight is 386 g/mol. The fraction of sp³-hybridized carbons (Fsp3) is 0.263. The Balaban J connectivity index is 2.55. The van der Waals surface area contributed by atoms with Crippen molar-refractivity contribution in [2.24, 2.45) is 5.73 Å². The maximum atomic E-state index is 12.7. The molecule has 0 radical (unpaired) electrons. The molecule has 1 aliphatic rings. The number of nitrogens with zero attached hydrogens (tertiary/aromatic N) is 1. The topological polar surface area (TPSA) is 135 Å². The van der Waals surface area contributed by atoms with Crippen molar-refractivity contribution < 1.29 is 23.9 Å². The van der Waals surface area contributed by atoms with Gasteiger partial charge in [-0.3, -0.25) is 10.2 Å². The van der Waals surface area contributed by atoms with Crippen LogP contribution < -0.4 is 16.0 Å². The molecule has 9 heteroatoms. The van der Waals surface area contributed by atoms with Crippen molar-refractivity contribution >= 4 is 29.4 Å². The molecule has 0 bridgehead atoms. The molecule has 0 fully saturated rings. The first-order valence-corrected chi connectivity index (χ1v) is 8.47. The zero-order valence-corrected chi connectivity index (χ0v) is 15.8. The summed E-state index contributed by atoms with van der Waals surface area (Å²) in [7, 11) is 1.20. The summed E-state index contributed by atoms with van der Waals surface area (Å²) >= 11 is 0. The number of nitrogens with one attached hydrogen (secondary N) is 2. The van der Waals surface area contributed by atoms with Crippen LogP contribution in [0.1, 0.15) is 19.4 Å². The van der Waals surface area contributed by atoms with Gasteiger partial charge >= 0.3 is 11.9 Å². The van der Waals surface area contributed by atoms with Crippen molar-refractivity contribution in [3.05, 3.63) is 53.4 Å². The normalized spacial score (nSPS) is 16.8. The highest BCUT2D eigenvalue weighted by molar-refractivity contribution is 6.02. The van der Waals surface area contributed by atoms with E-state index in [0.717, 1.165) is 0 Å². The highest BCUT2D eigenvalue weighted by Gasteiger charge is 2.34. The van der Waals surface area contributed by atoms with Gasteiger partial charge in [-0.25, -0.2) is 9.59 Å². The second-order valence-corrected chi connectivity index (χ2v) is 5.94. The molecule has 1 atom stereocenters. The van der Waals surface area contributed by atoms with Gasteiger partial charge in [0.05, 0.1) is 13.7 Å². The summed E-state index contributed by atoms with van der Waals surface area (Å²) in [6.45, 7) is 3.50.